The number of hydrogen-bond donors (Lipinski definition) is 3. The zero-order valence-corrected chi connectivity index (χ0v) is 10.3. The highest BCUT2D eigenvalue weighted by atomic mass is 32.2. The third-order valence-corrected chi connectivity index (χ3v) is 4.65. The Morgan fingerprint density at radius 2 is 2.28 bits per heavy atom. The summed E-state index contributed by atoms with van der Waals surface area (Å²) in [7, 11) is -3.93. The van der Waals surface area contributed by atoms with Crippen LogP contribution >= 0.6 is 11.3 Å². The molecule has 18 heavy (non-hydrogen) atoms. The summed E-state index contributed by atoms with van der Waals surface area (Å²) in [4.78, 5) is 18.0. The normalized spacial score (nSPS) is 11.6. The van der Waals surface area contributed by atoms with Crippen molar-refractivity contribution in [3.8, 4) is 0 Å². The number of carbonyl (C=O) groups is 1. The van der Waals surface area contributed by atoms with Crippen LogP contribution in [0.2, 0.25) is 0 Å². The van der Waals surface area contributed by atoms with Crippen molar-refractivity contribution in [3.05, 3.63) is 23.4 Å². The summed E-state index contributed by atoms with van der Waals surface area (Å²) in [5.41, 5.74) is 0.664. The van der Waals surface area contributed by atoms with E-state index < -0.39 is 21.7 Å². The summed E-state index contributed by atoms with van der Waals surface area (Å²) >= 11 is 0.733. The predicted molar refractivity (Wildman–Crippen MR) is 59.5 cm³/mol. The Labute approximate surface area is 105 Å². The summed E-state index contributed by atoms with van der Waals surface area (Å²) in [6, 6.07) is 0. The first kappa shape index (κ1) is 12.6. The molecule has 3 N–H and O–H groups in total. The SMILES string of the molecule is O=C(O)c1ncsc1S(=O)(=O)NCc1ncn[nH]1. The van der Waals surface area contributed by atoms with Crippen LogP contribution in [0.5, 0.6) is 0 Å². The lowest BCUT2D eigenvalue weighted by molar-refractivity contribution is 0.0687. The van der Waals surface area contributed by atoms with E-state index >= 15 is 0 Å². The number of nitrogens with zero attached hydrogens (tertiary/aromatic N) is 3. The third-order valence-electron chi connectivity index (χ3n) is 1.88. The Bertz CT molecular complexity index is 647. The average molecular weight is 289 g/mol. The van der Waals surface area contributed by atoms with E-state index in [-0.39, 0.29) is 10.8 Å². The monoisotopic (exact) mass is 289 g/mol. The molecule has 0 amide bonds. The summed E-state index contributed by atoms with van der Waals surface area (Å²) in [6.45, 7) is -0.112. The van der Waals surface area contributed by atoms with Gasteiger partial charge in [0.1, 0.15) is 12.2 Å². The maximum absolute atomic E-state index is 11.8. The summed E-state index contributed by atoms with van der Waals surface area (Å²) < 4.78 is 25.6. The standard InChI is InChI=1S/C7H7N5O4S2/c13-6(14)5-7(17-3-9-5)18(15,16)11-1-4-8-2-10-12-4/h2-3,11H,1H2,(H,13,14)(H,8,10,12). The highest BCUT2D eigenvalue weighted by Gasteiger charge is 2.25. The molecular formula is C7H7N5O4S2. The number of rotatable bonds is 5. The van der Waals surface area contributed by atoms with Crippen LogP contribution < -0.4 is 4.72 Å². The topological polar surface area (TPSA) is 138 Å². The minimum atomic E-state index is -3.93. The van der Waals surface area contributed by atoms with Gasteiger partial charge in [0.2, 0.25) is 0 Å². The molecule has 0 atom stereocenters. The van der Waals surface area contributed by atoms with Crippen LogP contribution in [0.3, 0.4) is 0 Å². The van der Waals surface area contributed by atoms with Gasteiger partial charge in [-0.15, -0.1) is 11.3 Å². The number of thiazole rings is 1. The summed E-state index contributed by atoms with van der Waals surface area (Å²) in [6.07, 6.45) is 1.24. The Kier molecular flexibility index (Phi) is 3.36. The molecule has 2 aromatic rings. The van der Waals surface area contributed by atoms with Gasteiger partial charge in [0.25, 0.3) is 10.0 Å². The number of carboxylic acids is 1. The van der Waals surface area contributed by atoms with E-state index in [0.717, 1.165) is 16.8 Å². The fourth-order valence-corrected chi connectivity index (χ4v) is 3.28. The van der Waals surface area contributed by atoms with Gasteiger partial charge in [-0.05, 0) is 0 Å². The lowest BCUT2D eigenvalue weighted by atomic mass is 10.5. The molecule has 0 unspecified atom stereocenters. The molecule has 0 aliphatic rings. The van der Waals surface area contributed by atoms with Gasteiger partial charge in [0.15, 0.2) is 9.90 Å². The van der Waals surface area contributed by atoms with E-state index in [1.54, 1.807) is 0 Å². The molecule has 0 saturated heterocycles. The zero-order valence-electron chi connectivity index (χ0n) is 8.69. The second-order valence-electron chi connectivity index (χ2n) is 3.05. The third kappa shape index (κ3) is 2.52. The van der Waals surface area contributed by atoms with Crippen molar-refractivity contribution in [1.82, 2.24) is 24.9 Å². The summed E-state index contributed by atoms with van der Waals surface area (Å²) in [5.74, 6) is -1.07. The number of aromatic nitrogens is 4. The second kappa shape index (κ2) is 4.80. The van der Waals surface area contributed by atoms with Crippen LogP contribution in [0, 0.1) is 0 Å². The first-order valence-corrected chi connectivity index (χ1v) is 6.87. The first-order chi connectivity index (χ1) is 8.50. The van der Waals surface area contributed by atoms with Crippen LogP contribution in [0.4, 0.5) is 0 Å². The maximum Gasteiger partial charge on any atom is 0.356 e. The van der Waals surface area contributed by atoms with E-state index in [1.165, 1.54) is 6.33 Å². The largest absolute Gasteiger partial charge is 0.476 e. The highest BCUT2D eigenvalue weighted by molar-refractivity contribution is 7.91. The molecular weight excluding hydrogens is 282 g/mol. The Morgan fingerprint density at radius 1 is 1.50 bits per heavy atom. The van der Waals surface area contributed by atoms with Gasteiger partial charge >= 0.3 is 5.97 Å². The Hall–Kier alpha value is -1.85. The number of carboxylic acid groups (broad SMARTS) is 1. The predicted octanol–water partition coefficient (Wildman–Crippen LogP) is -0.562. The van der Waals surface area contributed by atoms with Gasteiger partial charge in [-0.1, -0.05) is 0 Å². The van der Waals surface area contributed by atoms with E-state index in [4.69, 9.17) is 5.11 Å². The molecule has 2 heterocycles. The zero-order chi connectivity index (χ0) is 13.2. The van der Waals surface area contributed by atoms with Crippen molar-refractivity contribution in [3.63, 3.8) is 0 Å². The number of hydrogen-bond acceptors (Lipinski definition) is 7. The molecule has 0 fully saturated rings. The van der Waals surface area contributed by atoms with Gasteiger partial charge < -0.3 is 5.11 Å². The maximum atomic E-state index is 11.8. The van der Waals surface area contributed by atoms with Crippen molar-refractivity contribution in [2.45, 2.75) is 10.8 Å². The number of sulfonamides is 1. The second-order valence-corrected chi connectivity index (χ2v) is 5.87. The average Bonchev–Trinajstić information content (AvgIpc) is 2.98. The van der Waals surface area contributed by atoms with Crippen LogP contribution in [0.1, 0.15) is 16.3 Å². The van der Waals surface area contributed by atoms with Crippen LogP contribution in [0.15, 0.2) is 16.0 Å². The van der Waals surface area contributed by atoms with Gasteiger partial charge in [-0.2, -0.15) is 5.10 Å². The van der Waals surface area contributed by atoms with Gasteiger partial charge in [-0.25, -0.2) is 27.9 Å². The number of aromatic carboxylic acids is 1. The molecule has 0 bridgehead atoms. The van der Waals surface area contributed by atoms with Crippen molar-refractivity contribution in [1.29, 1.82) is 0 Å². The van der Waals surface area contributed by atoms with E-state index in [0.29, 0.717) is 5.82 Å². The van der Waals surface area contributed by atoms with E-state index in [9.17, 15) is 13.2 Å². The number of H-pyrrole nitrogens is 1. The molecule has 11 heteroatoms. The van der Waals surface area contributed by atoms with Crippen LogP contribution in [-0.2, 0) is 16.6 Å². The minimum Gasteiger partial charge on any atom is -0.476 e. The molecule has 0 aliphatic heterocycles. The molecule has 96 valence electrons. The summed E-state index contributed by atoms with van der Waals surface area (Å²) in [5, 5.41) is 14.8. The van der Waals surface area contributed by atoms with Crippen molar-refractivity contribution in [2.24, 2.45) is 0 Å². The Morgan fingerprint density at radius 3 is 2.89 bits per heavy atom. The molecule has 0 aromatic carbocycles. The van der Waals surface area contributed by atoms with E-state index in [2.05, 4.69) is 24.9 Å². The molecule has 9 nitrogen and oxygen atoms in total. The first-order valence-electron chi connectivity index (χ1n) is 4.51. The Balaban J connectivity index is 2.20. The lowest BCUT2D eigenvalue weighted by Gasteiger charge is -2.02. The molecule has 2 rings (SSSR count). The molecule has 0 spiro atoms. The quantitative estimate of drug-likeness (QED) is 0.670. The molecule has 2 aromatic heterocycles. The highest BCUT2D eigenvalue weighted by Crippen LogP contribution is 2.19. The van der Waals surface area contributed by atoms with Gasteiger partial charge in [0.05, 0.1) is 12.1 Å². The lowest BCUT2D eigenvalue weighted by Crippen LogP contribution is -2.24. The van der Waals surface area contributed by atoms with Crippen molar-refractivity contribution >= 4 is 27.3 Å². The minimum absolute atomic E-state index is 0.112. The fourth-order valence-electron chi connectivity index (χ4n) is 1.11. The van der Waals surface area contributed by atoms with Gasteiger partial charge in [-0.3, -0.25) is 5.10 Å². The molecule has 0 saturated carbocycles. The van der Waals surface area contributed by atoms with Crippen LogP contribution in [-0.4, -0.2) is 39.7 Å². The molecule has 0 radical (unpaired) electrons. The van der Waals surface area contributed by atoms with Crippen LogP contribution in [0.25, 0.3) is 0 Å². The smallest absolute Gasteiger partial charge is 0.356 e. The fraction of sp³-hybridized carbons (Fsp3) is 0.143. The van der Waals surface area contributed by atoms with Gasteiger partial charge in [0, 0.05) is 0 Å². The number of aromatic amines is 1. The van der Waals surface area contributed by atoms with E-state index in [1.807, 2.05) is 0 Å². The molecule has 0 aliphatic carbocycles. The number of nitrogens with one attached hydrogen (secondary N) is 2. The van der Waals surface area contributed by atoms with Crippen molar-refractivity contribution < 1.29 is 18.3 Å². The van der Waals surface area contributed by atoms with Crippen molar-refractivity contribution in [2.75, 3.05) is 0 Å².